The summed E-state index contributed by atoms with van der Waals surface area (Å²) in [4.78, 5) is 15.8. The molecular formula is C26H41N7O3. The highest BCUT2D eigenvalue weighted by Crippen LogP contribution is 2.22. The van der Waals surface area contributed by atoms with Gasteiger partial charge in [-0.2, -0.15) is 15.1 Å². The average molecular weight is 500 g/mol. The van der Waals surface area contributed by atoms with Crippen molar-refractivity contribution in [3.05, 3.63) is 35.9 Å². The number of morpholine rings is 1. The van der Waals surface area contributed by atoms with Gasteiger partial charge >= 0.3 is 6.01 Å². The zero-order valence-corrected chi connectivity index (χ0v) is 22.1. The standard InChI is InChI=1S/C26H41N7O3/c1-5-11-33(12-6-2)25-19-24(27-26(28-25)36-18-15-32-13-16-35-17-14-32)30-29-22(20-34)21-9-7-8-10-23(21)31(3)4/h7-10,19,34H,5-6,11-18,20H2,1-4H3,(H,27,28,30)/b29-22-. The van der Waals surface area contributed by atoms with Gasteiger partial charge in [-0.25, -0.2) is 0 Å². The molecule has 1 fully saturated rings. The van der Waals surface area contributed by atoms with E-state index in [9.17, 15) is 5.11 Å². The van der Waals surface area contributed by atoms with Crippen molar-refractivity contribution < 1.29 is 14.6 Å². The highest BCUT2D eigenvalue weighted by molar-refractivity contribution is 6.06. The molecule has 0 radical (unpaired) electrons. The highest BCUT2D eigenvalue weighted by Gasteiger charge is 2.15. The second-order valence-electron chi connectivity index (χ2n) is 8.92. The number of rotatable bonds is 14. The lowest BCUT2D eigenvalue weighted by Gasteiger charge is -2.26. The van der Waals surface area contributed by atoms with E-state index in [1.165, 1.54) is 0 Å². The molecule has 10 nitrogen and oxygen atoms in total. The van der Waals surface area contributed by atoms with Gasteiger partial charge in [0.05, 0.1) is 25.5 Å². The van der Waals surface area contributed by atoms with Crippen molar-refractivity contribution in [2.24, 2.45) is 5.10 Å². The maximum Gasteiger partial charge on any atom is 0.320 e. The zero-order chi connectivity index (χ0) is 25.8. The Labute approximate surface area is 214 Å². The first-order chi connectivity index (χ1) is 17.5. The average Bonchev–Trinajstić information content (AvgIpc) is 2.89. The molecular weight excluding hydrogens is 458 g/mol. The fraction of sp³-hybridized carbons (Fsp3) is 0.577. The van der Waals surface area contributed by atoms with Crippen LogP contribution in [0.15, 0.2) is 35.4 Å². The van der Waals surface area contributed by atoms with Gasteiger partial charge in [0, 0.05) is 64.1 Å². The minimum atomic E-state index is -0.212. The first kappa shape index (κ1) is 27.6. The van der Waals surface area contributed by atoms with Crippen molar-refractivity contribution in [3.8, 4) is 6.01 Å². The number of anilines is 3. The molecule has 36 heavy (non-hydrogen) atoms. The second-order valence-corrected chi connectivity index (χ2v) is 8.92. The molecule has 1 saturated heterocycles. The number of ether oxygens (including phenoxy) is 2. The number of hydrogen-bond acceptors (Lipinski definition) is 10. The third-order valence-corrected chi connectivity index (χ3v) is 5.90. The quantitative estimate of drug-likeness (QED) is 0.300. The molecule has 10 heteroatoms. The fourth-order valence-corrected chi connectivity index (χ4v) is 4.08. The summed E-state index contributed by atoms with van der Waals surface area (Å²) in [5, 5.41) is 14.6. The summed E-state index contributed by atoms with van der Waals surface area (Å²) in [5.74, 6) is 1.32. The predicted octanol–water partition coefficient (Wildman–Crippen LogP) is 2.69. The van der Waals surface area contributed by atoms with Gasteiger partial charge in [0.1, 0.15) is 12.4 Å². The smallest absolute Gasteiger partial charge is 0.320 e. The summed E-state index contributed by atoms with van der Waals surface area (Å²) in [6.45, 7) is 10.5. The Kier molecular flexibility index (Phi) is 11.2. The van der Waals surface area contributed by atoms with E-state index >= 15 is 0 Å². The van der Waals surface area contributed by atoms with E-state index in [-0.39, 0.29) is 6.61 Å². The van der Waals surface area contributed by atoms with Gasteiger partial charge in [-0.3, -0.25) is 10.3 Å². The maximum absolute atomic E-state index is 10.1. The van der Waals surface area contributed by atoms with Crippen LogP contribution in [0.4, 0.5) is 17.3 Å². The molecule has 0 aliphatic carbocycles. The van der Waals surface area contributed by atoms with Crippen molar-refractivity contribution in [1.29, 1.82) is 0 Å². The molecule has 0 saturated carbocycles. The number of hydrogen-bond donors (Lipinski definition) is 2. The number of hydrazone groups is 1. The van der Waals surface area contributed by atoms with Crippen molar-refractivity contribution in [2.45, 2.75) is 26.7 Å². The van der Waals surface area contributed by atoms with Crippen molar-refractivity contribution in [2.75, 3.05) is 88.5 Å². The van der Waals surface area contributed by atoms with E-state index in [1.54, 1.807) is 0 Å². The van der Waals surface area contributed by atoms with Crippen molar-refractivity contribution >= 4 is 23.0 Å². The van der Waals surface area contributed by atoms with Crippen LogP contribution in [0.2, 0.25) is 0 Å². The van der Waals surface area contributed by atoms with Crippen LogP contribution in [0, 0.1) is 0 Å². The van der Waals surface area contributed by atoms with Gasteiger partial charge in [-0.15, -0.1) is 0 Å². The lowest BCUT2D eigenvalue weighted by atomic mass is 10.1. The summed E-state index contributed by atoms with van der Waals surface area (Å²) < 4.78 is 11.4. The molecule has 0 atom stereocenters. The molecule has 1 aliphatic heterocycles. The number of nitrogens with one attached hydrogen (secondary N) is 1. The first-order valence-corrected chi connectivity index (χ1v) is 12.8. The first-order valence-electron chi connectivity index (χ1n) is 12.8. The van der Waals surface area contributed by atoms with Gasteiger partial charge in [0.2, 0.25) is 0 Å². The molecule has 3 rings (SSSR count). The topological polar surface area (TPSA) is 98.6 Å². The predicted molar refractivity (Wildman–Crippen MR) is 146 cm³/mol. The molecule has 1 aliphatic rings. The third-order valence-electron chi connectivity index (χ3n) is 5.90. The zero-order valence-electron chi connectivity index (χ0n) is 22.1. The SMILES string of the molecule is CCCN(CCC)c1cc(N/N=C(/CO)c2ccccc2N(C)C)nc(OCCN2CCOCC2)n1. The van der Waals surface area contributed by atoms with Crippen LogP contribution in [0.5, 0.6) is 6.01 Å². The van der Waals surface area contributed by atoms with Crippen LogP contribution in [-0.4, -0.2) is 98.9 Å². The molecule has 0 bridgehead atoms. The molecule has 198 valence electrons. The van der Waals surface area contributed by atoms with E-state index in [2.05, 4.69) is 39.2 Å². The number of aliphatic hydroxyl groups excluding tert-OH is 1. The van der Waals surface area contributed by atoms with E-state index in [0.717, 1.165) is 75.8 Å². The molecule has 1 aromatic carbocycles. The Morgan fingerprint density at radius 2 is 1.86 bits per heavy atom. The minimum Gasteiger partial charge on any atom is -0.462 e. The fourth-order valence-electron chi connectivity index (χ4n) is 4.08. The second kappa shape index (κ2) is 14.6. The minimum absolute atomic E-state index is 0.212. The monoisotopic (exact) mass is 499 g/mol. The lowest BCUT2D eigenvalue weighted by Crippen LogP contribution is -2.38. The van der Waals surface area contributed by atoms with Gasteiger partial charge < -0.3 is 24.4 Å². The molecule has 2 heterocycles. The summed E-state index contributed by atoms with van der Waals surface area (Å²) in [5.41, 5.74) is 5.39. The molecule has 0 spiro atoms. The summed E-state index contributed by atoms with van der Waals surface area (Å²) in [6, 6.07) is 10.0. The van der Waals surface area contributed by atoms with Gasteiger partial charge in [-0.05, 0) is 18.9 Å². The van der Waals surface area contributed by atoms with Gasteiger partial charge in [-0.1, -0.05) is 32.0 Å². The Morgan fingerprint density at radius 3 is 2.53 bits per heavy atom. The van der Waals surface area contributed by atoms with E-state index in [0.29, 0.717) is 24.1 Å². The highest BCUT2D eigenvalue weighted by atomic mass is 16.5. The van der Waals surface area contributed by atoms with Crippen LogP contribution in [0.25, 0.3) is 0 Å². The summed E-state index contributed by atoms with van der Waals surface area (Å²) in [7, 11) is 3.93. The third kappa shape index (κ3) is 8.04. The maximum atomic E-state index is 10.1. The van der Waals surface area contributed by atoms with Crippen LogP contribution in [-0.2, 0) is 4.74 Å². The lowest BCUT2D eigenvalue weighted by molar-refractivity contribution is 0.0317. The number of benzene rings is 1. The van der Waals surface area contributed by atoms with E-state index < -0.39 is 0 Å². The van der Waals surface area contributed by atoms with Gasteiger partial charge in [0.25, 0.3) is 0 Å². The van der Waals surface area contributed by atoms with Crippen LogP contribution < -0.4 is 20.0 Å². The Bertz CT molecular complexity index is 958. The molecule has 0 unspecified atom stereocenters. The largest absolute Gasteiger partial charge is 0.462 e. The molecule has 1 aromatic heterocycles. The van der Waals surface area contributed by atoms with Crippen LogP contribution >= 0.6 is 0 Å². The number of aliphatic hydroxyl groups is 1. The number of nitrogens with zero attached hydrogens (tertiary/aromatic N) is 6. The number of aromatic nitrogens is 2. The van der Waals surface area contributed by atoms with Gasteiger partial charge in [0.15, 0.2) is 5.82 Å². The Balaban J connectivity index is 1.83. The number of para-hydroxylation sites is 1. The molecule has 2 N–H and O–H groups in total. The molecule has 2 aromatic rings. The Morgan fingerprint density at radius 1 is 1.14 bits per heavy atom. The Hall–Kier alpha value is -2.95. The van der Waals surface area contributed by atoms with Crippen LogP contribution in [0.3, 0.4) is 0 Å². The van der Waals surface area contributed by atoms with Crippen molar-refractivity contribution in [1.82, 2.24) is 14.9 Å². The van der Waals surface area contributed by atoms with Crippen LogP contribution in [0.1, 0.15) is 32.3 Å². The summed E-state index contributed by atoms with van der Waals surface area (Å²) in [6.07, 6.45) is 2.02. The molecule has 0 amide bonds. The van der Waals surface area contributed by atoms with E-state index in [4.69, 9.17) is 14.5 Å². The van der Waals surface area contributed by atoms with E-state index in [1.807, 2.05) is 49.3 Å². The van der Waals surface area contributed by atoms with Crippen molar-refractivity contribution in [3.63, 3.8) is 0 Å². The normalized spacial score (nSPS) is 14.5. The summed E-state index contributed by atoms with van der Waals surface area (Å²) >= 11 is 0.